The Kier molecular flexibility index (Phi) is 9.50. The van der Waals surface area contributed by atoms with Gasteiger partial charge in [-0.15, -0.1) is 12.8 Å². The van der Waals surface area contributed by atoms with Gasteiger partial charge < -0.3 is 29.2 Å². The van der Waals surface area contributed by atoms with Crippen molar-refractivity contribution in [2.75, 3.05) is 26.4 Å². The number of esters is 2. The Bertz CT molecular complexity index is 1610. The van der Waals surface area contributed by atoms with Crippen LogP contribution in [0.25, 0.3) is 11.1 Å². The predicted octanol–water partition coefficient (Wildman–Crippen LogP) is 3.88. The number of hydrogen-bond acceptors (Lipinski definition) is 8. The first-order valence-electron chi connectivity index (χ1n) is 14.2. The quantitative estimate of drug-likeness (QED) is 0.126. The fourth-order valence-corrected chi connectivity index (χ4v) is 5.53. The van der Waals surface area contributed by atoms with Crippen LogP contribution in [0.3, 0.4) is 0 Å². The summed E-state index contributed by atoms with van der Waals surface area (Å²) in [5, 5.41) is 20.2. The highest BCUT2D eigenvalue weighted by atomic mass is 16.6. The standard InChI is InChI=1S/C37H30O8/c1-3-35(40)44-23-27(38)21-42-29-17-13-25(14-18-29)37(33-11-7-5-9-31(33)32-10-6-8-12-34(32)37)26-15-19-30(20-16-26)43-22-28(39)24-45-36(41)4-2/h1-2,5-20,27-28,38-39H,21-24H2. The van der Waals surface area contributed by atoms with Crippen molar-refractivity contribution in [1.29, 1.82) is 0 Å². The van der Waals surface area contributed by atoms with Gasteiger partial charge in [-0.1, -0.05) is 72.8 Å². The van der Waals surface area contributed by atoms with Crippen LogP contribution in [0.15, 0.2) is 97.1 Å². The van der Waals surface area contributed by atoms with Crippen molar-refractivity contribution in [3.05, 3.63) is 119 Å². The SMILES string of the molecule is C#CC(=O)OCC(O)COc1ccc(C2(c3ccc(OCC(O)COC(=O)C#C)cc3)c3ccccc3-c3ccccc32)cc1. The monoisotopic (exact) mass is 602 g/mol. The largest absolute Gasteiger partial charge is 0.491 e. The van der Waals surface area contributed by atoms with Gasteiger partial charge in [0.05, 0.1) is 5.41 Å². The molecule has 2 N–H and O–H groups in total. The van der Waals surface area contributed by atoms with Gasteiger partial charge in [0.1, 0.15) is 50.1 Å². The van der Waals surface area contributed by atoms with Gasteiger partial charge in [0, 0.05) is 11.8 Å². The Balaban J connectivity index is 1.44. The fourth-order valence-electron chi connectivity index (χ4n) is 5.53. The highest BCUT2D eigenvalue weighted by Crippen LogP contribution is 2.56. The highest BCUT2D eigenvalue weighted by molar-refractivity contribution is 5.88. The summed E-state index contributed by atoms with van der Waals surface area (Å²) in [6, 6.07) is 31.9. The molecule has 4 aromatic rings. The molecule has 226 valence electrons. The van der Waals surface area contributed by atoms with Crippen LogP contribution in [0, 0.1) is 24.7 Å². The lowest BCUT2D eigenvalue weighted by molar-refractivity contribution is -0.140. The summed E-state index contributed by atoms with van der Waals surface area (Å²) in [7, 11) is 0. The van der Waals surface area contributed by atoms with E-state index in [0.29, 0.717) is 11.5 Å². The molecule has 2 unspecified atom stereocenters. The topological polar surface area (TPSA) is 112 Å². The second kappa shape index (κ2) is 13.8. The van der Waals surface area contributed by atoms with E-state index >= 15 is 0 Å². The molecule has 1 aliphatic carbocycles. The first kappa shape index (κ1) is 30.9. The molecule has 0 aromatic heterocycles. The van der Waals surface area contributed by atoms with E-state index in [4.69, 9.17) is 31.8 Å². The highest BCUT2D eigenvalue weighted by Gasteiger charge is 2.45. The van der Waals surface area contributed by atoms with Crippen LogP contribution in [0.4, 0.5) is 0 Å². The average molecular weight is 603 g/mol. The van der Waals surface area contributed by atoms with E-state index < -0.39 is 29.6 Å². The van der Waals surface area contributed by atoms with E-state index in [9.17, 15) is 19.8 Å². The van der Waals surface area contributed by atoms with Crippen LogP contribution in [0.5, 0.6) is 11.5 Å². The minimum absolute atomic E-state index is 0.0868. The lowest BCUT2D eigenvalue weighted by Gasteiger charge is -2.34. The molecule has 2 atom stereocenters. The molecule has 0 aliphatic heterocycles. The molecule has 0 bridgehead atoms. The number of rotatable bonds is 12. The van der Waals surface area contributed by atoms with Crippen molar-refractivity contribution in [1.82, 2.24) is 0 Å². The maximum Gasteiger partial charge on any atom is 0.384 e. The van der Waals surface area contributed by atoms with Crippen molar-refractivity contribution < 1.29 is 38.7 Å². The second-order valence-corrected chi connectivity index (χ2v) is 10.3. The molecule has 0 amide bonds. The summed E-state index contributed by atoms with van der Waals surface area (Å²) in [6.45, 7) is -0.710. The van der Waals surface area contributed by atoms with Crippen molar-refractivity contribution in [3.63, 3.8) is 0 Å². The Hall–Kier alpha value is -5.54. The molecule has 45 heavy (non-hydrogen) atoms. The minimum Gasteiger partial charge on any atom is -0.491 e. The van der Waals surface area contributed by atoms with Crippen LogP contribution in [-0.2, 0) is 24.5 Å². The number of aliphatic hydroxyl groups excluding tert-OH is 2. The first-order valence-corrected chi connectivity index (χ1v) is 14.2. The predicted molar refractivity (Wildman–Crippen MR) is 166 cm³/mol. The van der Waals surface area contributed by atoms with E-state index in [0.717, 1.165) is 33.4 Å². The number of benzene rings is 4. The number of hydrogen-bond donors (Lipinski definition) is 2. The first-order chi connectivity index (χ1) is 21.9. The third-order valence-electron chi connectivity index (χ3n) is 7.46. The van der Waals surface area contributed by atoms with Crippen molar-refractivity contribution >= 4 is 11.9 Å². The molecule has 0 saturated carbocycles. The van der Waals surface area contributed by atoms with Crippen molar-refractivity contribution in [2.24, 2.45) is 0 Å². The summed E-state index contributed by atoms with van der Waals surface area (Å²) in [4.78, 5) is 22.3. The van der Waals surface area contributed by atoms with Crippen molar-refractivity contribution in [3.8, 4) is 47.3 Å². The smallest absolute Gasteiger partial charge is 0.384 e. The summed E-state index contributed by atoms with van der Waals surface area (Å²) >= 11 is 0. The fraction of sp³-hybridized carbons (Fsp3) is 0.189. The van der Waals surface area contributed by atoms with Gasteiger partial charge >= 0.3 is 11.9 Å². The van der Waals surface area contributed by atoms with Crippen molar-refractivity contribution in [2.45, 2.75) is 17.6 Å². The number of aliphatic hydroxyl groups is 2. The molecule has 0 saturated heterocycles. The Morgan fingerprint density at radius 3 is 1.36 bits per heavy atom. The maximum atomic E-state index is 11.2. The zero-order chi connectivity index (χ0) is 31.8. The number of carbonyl (C=O) groups is 2. The summed E-state index contributed by atoms with van der Waals surface area (Å²) in [5.41, 5.74) is 5.81. The normalized spacial score (nSPS) is 13.6. The van der Waals surface area contributed by atoms with Gasteiger partial charge in [0.25, 0.3) is 0 Å². The van der Waals surface area contributed by atoms with E-state index in [-0.39, 0.29) is 26.4 Å². The summed E-state index contributed by atoms with van der Waals surface area (Å²) in [6.07, 6.45) is 7.89. The number of fused-ring (bicyclic) bond motifs is 3. The molecule has 0 radical (unpaired) electrons. The van der Waals surface area contributed by atoms with E-state index in [2.05, 4.69) is 24.3 Å². The van der Waals surface area contributed by atoms with Crippen LogP contribution in [0.1, 0.15) is 22.3 Å². The average Bonchev–Trinajstić information content (AvgIpc) is 3.39. The van der Waals surface area contributed by atoms with Gasteiger partial charge in [0.15, 0.2) is 0 Å². The summed E-state index contributed by atoms with van der Waals surface area (Å²) in [5.74, 6) is 3.04. The number of carbonyl (C=O) groups excluding carboxylic acids is 2. The molecule has 0 heterocycles. The molecule has 8 nitrogen and oxygen atoms in total. The lowest BCUT2D eigenvalue weighted by Crippen LogP contribution is -2.28. The van der Waals surface area contributed by atoms with Gasteiger partial charge in [-0.25, -0.2) is 9.59 Å². The lowest BCUT2D eigenvalue weighted by atomic mass is 9.68. The van der Waals surface area contributed by atoms with Gasteiger partial charge in [-0.05, 0) is 57.6 Å². The zero-order valence-corrected chi connectivity index (χ0v) is 24.2. The molecule has 8 heteroatoms. The molecule has 0 fully saturated rings. The minimum atomic E-state index is -1.04. The Labute approximate surface area is 261 Å². The second-order valence-electron chi connectivity index (χ2n) is 10.3. The molecular formula is C37H30O8. The zero-order valence-electron chi connectivity index (χ0n) is 24.2. The van der Waals surface area contributed by atoms with Gasteiger partial charge in [-0.2, -0.15) is 0 Å². The van der Waals surface area contributed by atoms with Crippen LogP contribution in [0.2, 0.25) is 0 Å². The Morgan fingerprint density at radius 1 is 0.600 bits per heavy atom. The number of ether oxygens (including phenoxy) is 4. The van der Waals surface area contributed by atoms with Crippen LogP contribution >= 0.6 is 0 Å². The van der Waals surface area contributed by atoms with Crippen LogP contribution < -0.4 is 9.47 Å². The Morgan fingerprint density at radius 2 is 0.978 bits per heavy atom. The molecule has 4 aromatic carbocycles. The van der Waals surface area contributed by atoms with E-state index in [1.54, 1.807) is 0 Å². The molecule has 0 spiro atoms. The number of terminal acetylenes is 2. The maximum absolute atomic E-state index is 11.2. The molecular weight excluding hydrogens is 572 g/mol. The van der Waals surface area contributed by atoms with E-state index in [1.807, 2.05) is 84.6 Å². The molecule has 1 aliphatic rings. The summed E-state index contributed by atoms with van der Waals surface area (Å²) < 4.78 is 21.1. The molecule has 5 rings (SSSR count). The van der Waals surface area contributed by atoms with E-state index in [1.165, 1.54) is 0 Å². The van der Waals surface area contributed by atoms with Crippen LogP contribution in [-0.4, -0.2) is 60.8 Å². The third kappa shape index (κ3) is 6.53. The van der Waals surface area contributed by atoms with Gasteiger partial charge in [0.2, 0.25) is 0 Å². The third-order valence-corrected chi connectivity index (χ3v) is 7.46. The van der Waals surface area contributed by atoms with Gasteiger partial charge in [-0.3, -0.25) is 0 Å².